The van der Waals surface area contributed by atoms with Crippen LogP contribution in [0.25, 0.3) is 0 Å². The fourth-order valence-corrected chi connectivity index (χ4v) is 2.30. The van der Waals surface area contributed by atoms with Crippen LogP contribution in [0.1, 0.15) is 24.3 Å². The molecule has 1 aromatic heterocycles. The Morgan fingerprint density at radius 2 is 2.36 bits per heavy atom. The van der Waals surface area contributed by atoms with Crippen LogP contribution in [0.15, 0.2) is 11.4 Å². The highest BCUT2D eigenvalue weighted by Gasteiger charge is 2.15. The van der Waals surface area contributed by atoms with Crippen molar-refractivity contribution in [3.8, 4) is 0 Å². The summed E-state index contributed by atoms with van der Waals surface area (Å²) in [5.41, 5.74) is 1.27. The van der Waals surface area contributed by atoms with E-state index in [9.17, 15) is 4.79 Å². The summed E-state index contributed by atoms with van der Waals surface area (Å²) in [5.74, 6) is -0.132. The minimum atomic E-state index is -0.0969. The van der Waals surface area contributed by atoms with Crippen molar-refractivity contribution < 1.29 is 9.53 Å². The van der Waals surface area contributed by atoms with Crippen molar-refractivity contribution in [3.63, 3.8) is 0 Å². The first-order valence-electron chi connectivity index (χ1n) is 4.84. The van der Waals surface area contributed by atoms with Gasteiger partial charge in [-0.3, -0.25) is 4.79 Å². The second-order valence-corrected chi connectivity index (χ2v) is 4.38. The molecule has 0 fully saturated rings. The van der Waals surface area contributed by atoms with Crippen molar-refractivity contribution in [2.75, 3.05) is 6.61 Å². The van der Waals surface area contributed by atoms with E-state index in [2.05, 4.69) is 18.4 Å². The number of esters is 1. The number of carbonyl (C=O) groups is 1. The van der Waals surface area contributed by atoms with Gasteiger partial charge in [-0.15, -0.1) is 11.3 Å². The SMILES string of the molecule is CCOC(=O)C(C)Cc1sccc1C. The Kier molecular flexibility index (Phi) is 4.14. The molecule has 0 N–H and O–H groups in total. The number of thiophene rings is 1. The molecule has 14 heavy (non-hydrogen) atoms. The Hall–Kier alpha value is -0.830. The highest BCUT2D eigenvalue weighted by atomic mass is 32.1. The summed E-state index contributed by atoms with van der Waals surface area (Å²) in [7, 11) is 0. The van der Waals surface area contributed by atoms with Crippen molar-refractivity contribution in [1.82, 2.24) is 0 Å². The summed E-state index contributed by atoms with van der Waals surface area (Å²) in [6.07, 6.45) is 0.794. The van der Waals surface area contributed by atoms with Crippen LogP contribution in [0.4, 0.5) is 0 Å². The minimum absolute atomic E-state index is 0.0349. The third-order valence-corrected chi connectivity index (χ3v) is 3.19. The average Bonchev–Trinajstić information content (AvgIpc) is 2.52. The van der Waals surface area contributed by atoms with Crippen molar-refractivity contribution in [2.45, 2.75) is 27.2 Å². The Bertz CT molecular complexity index is 304. The highest BCUT2D eigenvalue weighted by molar-refractivity contribution is 7.10. The first-order chi connectivity index (χ1) is 6.65. The Balaban J connectivity index is 2.52. The summed E-state index contributed by atoms with van der Waals surface area (Å²) in [6.45, 7) is 6.29. The van der Waals surface area contributed by atoms with Gasteiger partial charge < -0.3 is 4.74 Å². The molecule has 3 heteroatoms. The standard InChI is InChI=1S/C11H16O2S/c1-4-13-11(12)9(3)7-10-8(2)5-6-14-10/h5-6,9H,4,7H2,1-3H3. The van der Waals surface area contributed by atoms with Crippen LogP contribution >= 0.6 is 11.3 Å². The van der Waals surface area contributed by atoms with E-state index in [4.69, 9.17) is 4.74 Å². The maximum atomic E-state index is 11.4. The zero-order valence-electron chi connectivity index (χ0n) is 8.87. The molecule has 0 aliphatic carbocycles. The molecular weight excluding hydrogens is 196 g/mol. The lowest BCUT2D eigenvalue weighted by Crippen LogP contribution is -2.16. The zero-order chi connectivity index (χ0) is 10.6. The fourth-order valence-electron chi connectivity index (χ4n) is 1.26. The van der Waals surface area contributed by atoms with Gasteiger partial charge >= 0.3 is 5.97 Å². The molecule has 1 heterocycles. The predicted molar refractivity (Wildman–Crippen MR) is 58.6 cm³/mol. The molecule has 0 amide bonds. The number of rotatable bonds is 4. The van der Waals surface area contributed by atoms with E-state index in [0.29, 0.717) is 6.61 Å². The summed E-state index contributed by atoms with van der Waals surface area (Å²) < 4.78 is 4.96. The van der Waals surface area contributed by atoms with Crippen LogP contribution in [0.3, 0.4) is 0 Å². The maximum Gasteiger partial charge on any atom is 0.309 e. The van der Waals surface area contributed by atoms with E-state index in [1.54, 1.807) is 11.3 Å². The van der Waals surface area contributed by atoms with Crippen LogP contribution < -0.4 is 0 Å². The summed E-state index contributed by atoms with van der Waals surface area (Å²) >= 11 is 1.71. The van der Waals surface area contributed by atoms with Crippen molar-refractivity contribution in [2.24, 2.45) is 5.92 Å². The second kappa shape index (κ2) is 5.15. The van der Waals surface area contributed by atoms with Crippen LogP contribution in [0, 0.1) is 12.8 Å². The molecule has 1 rings (SSSR count). The van der Waals surface area contributed by atoms with Gasteiger partial charge in [0, 0.05) is 4.88 Å². The second-order valence-electron chi connectivity index (χ2n) is 3.38. The number of carbonyl (C=O) groups excluding carboxylic acids is 1. The topological polar surface area (TPSA) is 26.3 Å². The molecule has 0 saturated carbocycles. The van der Waals surface area contributed by atoms with Gasteiger partial charge in [0.2, 0.25) is 0 Å². The molecule has 0 aromatic carbocycles. The van der Waals surface area contributed by atoms with Gasteiger partial charge in [0.1, 0.15) is 0 Å². The lowest BCUT2D eigenvalue weighted by molar-refractivity contribution is -0.147. The monoisotopic (exact) mass is 212 g/mol. The summed E-state index contributed by atoms with van der Waals surface area (Å²) in [6, 6.07) is 2.08. The van der Waals surface area contributed by atoms with Crippen LogP contribution in [0.5, 0.6) is 0 Å². The van der Waals surface area contributed by atoms with E-state index in [-0.39, 0.29) is 11.9 Å². The smallest absolute Gasteiger partial charge is 0.309 e. The van der Waals surface area contributed by atoms with Crippen LogP contribution in [-0.4, -0.2) is 12.6 Å². The van der Waals surface area contributed by atoms with Gasteiger partial charge in [-0.2, -0.15) is 0 Å². The van der Waals surface area contributed by atoms with Crippen LogP contribution in [0.2, 0.25) is 0 Å². The van der Waals surface area contributed by atoms with Crippen molar-refractivity contribution in [3.05, 3.63) is 21.9 Å². The van der Waals surface area contributed by atoms with Gasteiger partial charge in [0.05, 0.1) is 12.5 Å². The van der Waals surface area contributed by atoms with Gasteiger partial charge in [-0.25, -0.2) is 0 Å². The normalized spacial score (nSPS) is 12.5. The van der Waals surface area contributed by atoms with E-state index in [0.717, 1.165) is 6.42 Å². The van der Waals surface area contributed by atoms with E-state index in [1.807, 2.05) is 13.8 Å². The predicted octanol–water partition coefficient (Wildman–Crippen LogP) is 2.80. The number of aryl methyl sites for hydroxylation is 1. The van der Waals surface area contributed by atoms with Gasteiger partial charge in [-0.05, 0) is 37.3 Å². The molecule has 0 radical (unpaired) electrons. The van der Waals surface area contributed by atoms with Gasteiger partial charge in [-0.1, -0.05) is 6.92 Å². The molecule has 1 unspecified atom stereocenters. The molecule has 0 aliphatic heterocycles. The molecule has 1 atom stereocenters. The molecular formula is C11H16O2S. The van der Waals surface area contributed by atoms with Gasteiger partial charge in [0.15, 0.2) is 0 Å². The molecule has 78 valence electrons. The molecule has 0 saturated heterocycles. The fraction of sp³-hybridized carbons (Fsp3) is 0.545. The quantitative estimate of drug-likeness (QED) is 0.717. The zero-order valence-corrected chi connectivity index (χ0v) is 9.69. The maximum absolute atomic E-state index is 11.4. The average molecular weight is 212 g/mol. The molecule has 2 nitrogen and oxygen atoms in total. The van der Waals surface area contributed by atoms with Crippen LogP contribution in [-0.2, 0) is 16.0 Å². The summed E-state index contributed by atoms with van der Waals surface area (Å²) in [4.78, 5) is 12.6. The van der Waals surface area contributed by atoms with Gasteiger partial charge in [0.25, 0.3) is 0 Å². The molecule has 0 aliphatic rings. The molecule has 0 spiro atoms. The van der Waals surface area contributed by atoms with E-state index >= 15 is 0 Å². The van der Waals surface area contributed by atoms with E-state index < -0.39 is 0 Å². The Labute approximate surface area is 88.9 Å². The molecule has 0 bridgehead atoms. The number of hydrogen-bond acceptors (Lipinski definition) is 3. The van der Waals surface area contributed by atoms with E-state index in [1.165, 1.54) is 10.4 Å². The first kappa shape index (κ1) is 11.2. The third kappa shape index (κ3) is 2.84. The highest BCUT2D eigenvalue weighted by Crippen LogP contribution is 2.20. The summed E-state index contributed by atoms with van der Waals surface area (Å²) in [5, 5.41) is 2.06. The third-order valence-electron chi connectivity index (χ3n) is 2.15. The minimum Gasteiger partial charge on any atom is -0.466 e. The largest absolute Gasteiger partial charge is 0.466 e. The Morgan fingerprint density at radius 3 is 2.86 bits per heavy atom. The van der Waals surface area contributed by atoms with Crippen molar-refractivity contribution >= 4 is 17.3 Å². The first-order valence-corrected chi connectivity index (χ1v) is 5.72. The lowest BCUT2D eigenvalue weighted by atomic mass is 10.1. The number of ether oxygens (including phenoxy) is 1. The molecule has 1 aromatic rings. The number of hydrogen-bond donors (Lipinski definition) is 0. The Morgan fingerprint density at radius 1 is 1.64 bits per heavy atom. The lowest BCUT2D eigenvalue weighted by Gasteiger charge is -2.09. The van der Waals surface area contributed by atoms with Crippen molar-refractivity contribution in [1.29, 1.82) is 0 Å².